The van der Waals surface area contributed by atoms with Gasteiger partial charge in [0.15, 0.2) is 0 Å². The molecule has 0 aromatic heterocycles. The van der Waals surface area contributed by atoms with Crippen molar-refractivity contribution in [3.05, 3.63) is 71.3 Å². The van der Waals surface area contributed by atoms with Crippen molar-refractivity contribution in [3.63, 3.8) is 0 Å². The fourth-order valence-electron chi connectivity index (χ4n) is 4.17. The predicted octanol–water partition coefficient (Wildman–Crippen LogP) is 3.74. The van der Waals surface area contributed by atoms with E-state index in [-0.39, 0.29) is 0 Å². The molecular weight excluding hydrogens is 336 g/mol. The van der Waals surface area contributed by atoms with E-state index in [4.69, 9.17) is 5.11 Å². The lowest BCUT2D eigenvalue weighted by molar-refractivity contribution is 0.0697. The zero-order valence-corrected chi connectivity index (χ0v) is 15.7. The second kappa shape index (κ2) is 8.24. The lowest BCUT2D eigenvalue weighted by Gasteiger charge is -2.32. The Morgan fingerprint density at radius 3 is 2.41 bits per heavy atom. The van der Waals surface area contributed by atoms with Gasteiger partial charge in [0.2, 0.25) is 0 Å². The van der Waals surface area contributed by atoms with Crippen molar-refractivity contribution in [1.82, 2.24) is 10.2 Å². The molecule has 2 aromatic carbocycles. The van der Waals surface area contributed by atoms with E-state index < -0.39 is 5.97 Å². The molecule has 1 aliphatic carbocycles. The van der Waals surface area contributed by atoms with E-state index in [1.165, 1.54) is 30.4 Å². The monoisotopic (exact) mass is 364 g/mol. The van der Waals surface area contributed by atoms with Crippen molar-refractivity contribution in [2.45, 2.75) is 37.8 Å². The Bertz CT molecular complexity index is 752. The minimum absolute atomic E-state index is 0.359. The number of carboxylic acid groups (broad SMARTS) is 1. The van der Waals surface area contributed by atoms with Gasteiger partial charge < -0.3 is 10.4 Å². The van der Waals surface area contributed by atoms with Crippen LogP contribution in [0.25, 0.3) is 0 Å². The van der Waals surface area contributed by atoms with E-state index in [9.17, 15) is 4.79 Å². The summed E-state index contributed by atoms with van der Waals surface area (Å²) in [4.78, 5) is 13.4. The van der Waals surface area contributed by atoms with Crippen LogP contribution in [0, 0.1) is 5.92 Å². The van der Waals surface area contributed by atoms with Crippen molar-refractivity contribution in [2.75, 3.05) is 19.6 Å². The summed E-state index contributed by atoms with van der Waals surface area (Å²) in [6.45, 7) is 4.30. The number of nitrogens with zero attached hydrogens (tertiary/aromatic N) is 1. The van der Waals surface area contributed by atoms with Crippen molar-refractivity contribution >= 4 is 5.97 Å². The Morgan fingerprint density at radius 2 is 1.74 bits per heavy atom. The van der Waals surface area contributed by atoms with Crippen LogP contribution < -0.4 is 5.32 Å². The summed E-state index contributed by atoms with van der Waals surface area (Å²) < 4.78 is 0. The van der Waals surface area contributed by atoms with Crippen LogP contribution in [0.2, 0.25) is 0 Å². The van der Waals surface area contributed by atoms with Gasteiger partial charge in [0.1, 0.15) is 0 Å². The van der Waals surface area contributed by atoms with Gasteiger partial charge in [-0.15, -0.1) is 0 Å². The maximum Gasteiger partial charge on any atom is 0.335 e. The van der Waals surface area contributed by atoms with Gasteiger partial charge in [0.05, 0.1) is 5.56 Å². The molecule has 4 heteroatoms. The fraction of sp³-hybridized carbons (Fsp3) is 0.435. The Balaban J connectivity index is 1.17. The van der Waals surface area contributed by atoms with E-state index in [1.807, 2.05) is 12.1 Å². The van der Waals surface area contributed by atoms with E-state index in [2.05, 4.69) is 40.5 Å². The number of benzene rings is 2. The fourth-order valence-corrected chi connectivity index (χ4v) is 4.17. The van der Waals surface area contributed by atoms with Gasteiger partial charge in [0, 0.05) is 18.5 Å². The Morgan fingerprint density at radius 1 is 1.04 bits per heavy atom. The number of nitrogens with one attached hydrogen (secondary N) is 1. The summed E-state index contributed by atoms with van der Waals surface area (Å²) in [5, 5.41) is 12.8. The number of rotatable bonds is 7. The first kappa shape index (κ1) is 18.2. The molecule has 142 valence electrons. The molecule has 2 atom stereocenters. The highest BCUT2D eigenvalue weighted by Gasteiger charge is 2.38. The number of hydrogen-bond donors (Lipinski definition) is 2. The summed E-state index contributed by atoms with van der Waals surface area (Å²) in [6, 6.07) is 18.8. The molecule has 0 radical (unpaired) electrons. The second-order valence-electron chi connectivity index (χ2n) is 7.99. The average Bonchev–Trinajstić information content (AvgIpc) is 3.48. The standard InChI is InChI=1S/C23H28N2O2/c26-23(27)20-8-6-18(7-9-20)16-25-12-10-17(11-13-25)15-24-22-14-21(22)19-4-2-1-3-5-19/h1-9,17,21-22,24H,10-16H2,(H,26,27)/t21-,22?/m0/s1. The van der Waals surface area contributed by atoms with Crippen molar-refractivity contribution < 1.29 is 9.90 Å². The molecule has 2 aliphatic rings. The number of aromatic carboxylic acids is 1. The highest BCUT2D eigenvalue weighted by molar-refractivity contribution is 5.87. The summed E-state index contributed by atoms with van der Waals surface area (Å²) in [5.41, 5.74) is 3.02. The largest absolute Gasteiger partial charge is 0.478 e. The molecule has 1 heterocycles. The second-order valence-corrected chi connectivity index (χ2v) is 7.99. The summed E-state index contributed by atoms with van der Waals surface area (Å²) in [5.74, 6) is 0.618. The summed E-state index contributed by atoms with van der Waals surface area (Å²) >= 11 is 0. The smallest absolute Gasteiger partial charge is 0.335 e. The predicted molar refractivity (Wildman–Crippen MR) is 107 cm³/mol. The van der Waals surface area contributed by atoms with Crippen molar-refractivity contribution in [1.29, 1.82) is 0 Å². The average molecular weight is 364 g/mol. The Labute approximate surface area is 161 Å². The minimum atomic E-state index is -0.861. The molecule has 2 fully saturated rings. The van der Waals surface area contributed by atoms with Crippen LogP contribution in [0.1, 0.15) is 46.7 Å². The number of likely N-dealkylation sites (tertiary alicyclic amines) is 1. The molecule has 0 amide bonds. The molecule has 2 aromatic rings. The van der Waals surface area contributed by atoms with E-state index in [0.29, 0.717) is 17.5 Å². The molecule has 4 rings (SSSR count). The topological polar surface area (TPSA) is 52.6 Å². The van der Waals surface area contributed by atoms with Crippen LogP contribution in [-0.4, -0.2) is 41.7 Å². The van der Waals surface area contributed by atoms with E-state index >= 15 is 0 Å². The molecule has 1 saturated carbocycles. The molecule has 4 nitrogen and oxygen atoms in total. The van der Waals surface area contributed by atoms with Gasteiger partial charge >= 0.3 is 5.97 Å². The first-order chi connectivity index (χ1) is 13.2. The zero-order valence-electron chi connectivity index (χ0n) is 15.7. The van der Waals surface area contributed by atoms with Gasteiger partial charge in [0.25, 0.3) is 0 Å². The lowest BCUT2D eigenvalue weighted by atomic mass is 9.96. The molecule has 1 saturated heterocycles. The third kappa shape index (κ3) is 4.76. The van der Waals surface area contributed by atoms with Gasteiger partial charge in [-0.1, -0.05) is 42.5 Å². The number of carbonyl (C=O) groups is 1. The number of hydrogen-bond acceptors (Lipinski definition) is 3. The molecule has 1 aliphatic heterocycles. The highest BCUT2D eigenvalue weighted by atomic mass is 16.4. The van der Waals surface area contributed by atoms with Crippen molar-refractivity contribution in [2.24, 2.45) is 5.92 Å². The van der Waals surface area contributed by atoms with Crippen LogP contribution in [0.4, 0.5) is 0 Å². The third-order valence-corrected chi connectivity index (χ3v) is 6.00. The third-order valence-electron chi connectivity index (χ3n) is 6.00. The summed E-state index contributed by atoms with van der Waals surface area (Å²) in [7, 11) is 0. The van der Waals surface area contributed by atoms with Crippen molar-refractivity contribution in [3.8, 4) is 0 Å². The zero-order chi connectivity index (χ0) is 18.6. The van der Waals surface area contributed by atoms with Crippen LogP contribution in [-0.2, 0) is 6.54 Å². The maximum absolute atomic E-state index is 10.9. The van der Waals surface area contributed by atoms with Crippen LogP contribution >= 0.6 is 0 Å². The van der Waals surface area contributed by atoms with Gasteiger partial charge in [-0.25, -0.2) is 4.79 Å². The van der Waals surface area contributed by atoms with Gasteiger partial charge in [-0.05, 0) is 68.1 Å². The maximum atomic E-state index is 10.9. The summed E-state index contributed by atoms with van der Waals surface area (Å²) in [6.07, 6.45) is 3.75. The van der Waals surface area contributed by atoms with Crippen LogP contribution in [0.15, 0.2) is 54.6 Å². The Hall–Kier alpha value is -2.17. The molecule has 27 heavy (non-hydrogen) atoms. The molecule has 1 unspecified atom stereocenters. The normalized spacial score (nSPS) is 23.3. The van der Waals surface area contributed by atoms with Crippen LogP contribution in [0.3, 0.4) is 0 Å². The molecule has 0 bridgehead atoms. The number of piperidine rings is 1. The van der Waals surface area contributed by atoms with E-state index in [1.54, 1.807) is 12.1 Å². The molecule has 0 spiro atoms. The lowest BCUT2D eigenvalue weighted by Crippen LogP contribution is -2.37. The van der Waals surface area contributed by atoms with Crippen LogP contribution in [0.5, 0.6) is 0 Å². The molecule has 2 N–H and O–H groups in total. The highest BCUT2D eigenvalue weighted by Crippen LogP contribution is 2.40. The first-order valence-electron chi connectivity index (χ1n) is 10.0. The van der Waals surface area contributed by atoms with E-state index in [0.717, 1.165) is 32.1 Å². The first-order valence-corrected chi connectivity index (χ1v) is 10.0. The minimum Gasteiger partial charge on any atom is -0.478 e. The Kier molecular flexibility index (Phi) is 5.55. The van der Waals surface area contributed by atoms with Gasteiger partial charge in [-0.2, -0.15) is 0 Å². The SMILES string of the molecule is O=C(O)c1ccc(CN2CCC(CNC3C[C@H]3c3ccccc3)CC2)cc1. The number of carboxylic acids is 1. The van der Waals surface area contributed by atoms with Gasteiger partial charge in [-0.3, -0.25) is 4.90 Å². The molecular formula is C23H28N2O2. The quantitative estimate of drug-likeness (QED) is 0.786.